The normalized spacial score (nSPS) is 40.5. The van der Waals surface area contributed by atoms with Crippen LogP contribution in [0.15, 0.2) is 0 Å². The minimum atomic E-state index is 0.668. The van der Waals surface area contributed by atoms with E-state index in [1.165, 1.54) is 39.0 Å². The van der Waals surface area contributed by atoms with Crippen molar-refractivity contribution in [2.75, 3.05) is 52.6 Å². The Bertz CT molecular complexity index is 289. The lowest BCUT2D eigenvalue weighted by molar-refractivity contribution is 0.0186. The van der Waals surface area contributed by atoms with Gasteiger partial charge in [0.15, 0.2) is 0 Å². The maximum atomic E-state index is 5.53. The zero-order valence-electron chi connectivity index (χ0n) is 13.1. The fourth-order valence-electron chi connectivity index (χ4n) is 4.09. The molecule has 20 heavy (non-hydrogen) atoms. The SMILES string of the molecule is C[C@@H]1CN(C[C@@H]2CCOC2)C[C@H](C)N1C[C@H]1CCOC1. The molecule has 3 rings (SSSR count). The van der Waals surface area contributed by atoms with Gasteiger partial charge in [0.05, 0.1) is 13.2 Å². The third-order valence-electron chi connectivity index (χ3n) is 5.21. The standard InChI is InChI=1S/C16H30N2O2/c1-13-7-17(9-15-3-5-19-11-15)8-14(2)18(13)10-16-4-6-20-12-16/h13-16H,3-12H2,1-2H3/t13-,14+,15-,16+/m0/s1. The summed E-state index contributed by atoms with van der Waals surface area (Å²) in [5, 5.41) is 0. The zero-order chi connectivity index (χ0) is 13.9. The Hall–Kier alpha value is -0.160. The van der Waals surface area contributed by atoms with Gasteiger partial charge in [0, 0.05) is 51.5 Å². The number of hydrogen-bond donors (Lipinski definition) is 0. The van der Waals surface area contributed by atoms with Gasteiger partial charge in [-0.15, -0.1) is 0 Å². The molecule has 0 spiro atoms. The van der Waals surface area contributed by atoms with Gasteiger partial charge in [-0.3, -0.25) is 9.80 Å². The van der Waals surface area contributed by atoms with Gasteiger partial charge >= 0.3 is 0 Å². The molecular weight excluding hydrogens is 252 g/mol. The van der Waals surface area contributed by atoms with Crippen molar-refractivity contribution in [1.82, 2.24) is 9.80 Å². The molecule has 0 unspecified atom stereocenters. The first-order valence-corrected chi connectivity index (χ1v) is 8.36. The summed E-state index contributed by atoms with van der Waals surface area (Å²) in [6, 6.07) is 1.34. The lowest BCUT2D eigenvalue weighted by Gasteiger charge is -2.46. The molecule has 4 heteroatoms. The predicted molar refractivity (Wildman–Crippen MR) is 79.9 cm³/mol. The molecule has 0 bridgehead atoms. The van der Waals surface area contributed by atoms with Gasteiger partial charge < -0.3 is 9.47 Å². The van der Waals surface area contributed by atoms with E-state index in [4.69, 9.17) is 9.47 Å². The van der Waals surface area contributed by atoms with Gasteiger partial charge in [0.1, 0.15) is 0 Å². The molecule has 3 aliphatic heterocycles. The third kappa shape index (κ3) is 3.53. The molecule has 0 saturated carbocycles. The van der Waals surface area contributed by atoms with Gasteiger partial charge in [-0.2, -0.15) is 0 Å². The van der Waals surface area contributed by atoms with Crippen molar-refractivity contribution >= 4 is 0 Å². The van der Waals surface area contributed by atoms with E-state index in [1.807, 2.05) is 0 Å². The van der Waals surface area contributed by atoms with Crippen LogP contribution in [0.1, 0.15) is 26.7 Å². The Balaban J connectivity index is 1.49. The smallest absolute Gasteiger partial charge is 0.0507 e. The molecule has 3 fully saturated rings. The van der Waals surface area contributed by atoms with Crippen LogP contribution in [0, 0.1) is 11.8 Å². The number of rotatable bonds is 4. The Kier molecular flexibility index (Phi) is 4.97. The van der Waals surface area contributed by atoms with Crippen molar-refractivity contribution in [2.45, 2.75) is 38.8 Å². The third-order valence-corrected chi connectivity index (χ3v) is 5.21. The average molecular weight is 282 g/mol. The second kappa shape index (κ2) is 6.73. The molecule has 3 aliphatic rings. The fraction of sp³-hybridized carbons (Fsp3) is 1.00. The lowest BCUT2D eigenvalue weighted by Crippen LogP contribution is -2.58. The second-order valence-electron chi connectivity index (χ2n) is 7.07. The van der Waals surface area contributed by atoms with Crippen LogP contribution in [0.3, 0.4) is 0 Å². The van der Waals surface area contributed by atoms with E-state index in [0.29, 0.717) is 12.1 Å². The van der Waals surface area contributed by atoms with E-state index >= 15 is 0 Å². The molecule has 3 saturated heterocycles. The van der Waals surface area contributed by atoms with E-state index in [9.17, 15) is 0 Å². The van der Waals surface area contributed by atoms with E-state index < -0.39 is 0 Å². The highest BCUT2D eigenvalue weighted by Gasteiger charge is 2.33. The molecular formula is C16H30N2O2. The molecule has 3 heterocycles. The Labute approximate surface area is 123 Å². The van der Waals surface area contributed by atoms with Crippen molar-refractivity contribution in [2.24, 2.45) is 11.8 Å². The lowest BCUT2D eigenvalue weighted by atomic mass is 10.0. The second-order valence-corrected chi connectivity index (χ2v) is 7.07. The molecule has 0 aromatic carbocycles. The summed E-state index contributed by atoms with van der Waals surface area (Å²) in [6.45, 7) is 13.6. The first kappa shape index (κ1) is 14.8. The Morgan fingerprint density at radius 2 is 1.40 bits per heavy atom. The summed E-state index contributed by atoms with van der Waals surface area (Å²) in [6.07, 6.45) is 2.50. The Morgan fingerprint density at radius 3 is 1.90 bits per heavy atom. The summed E-state index contributed by atoms with van der Waals surface area (Å²) in [5.74, 6) is 1.53. The number of hydrogen-bond acceptors (Lipinski definition) is 4. The Morgan fingerprint density at radius 1 is 0.850 bits per heavy atom. The van der Waals surface area contributed by atoms with Crippen molar-refractivity contribution < 1.29 is 9.47 Å². The number of piperazine rings is 1. The van der Waals surface area contributed by atoms with Gasteiger partial charge in [0.2, 0.25) is 0 Å². The summed E-state index contributed by atoms with van der Waals surface area (Å²) in [4.78, 5) is 5.37. The fourth-order valence-corrected chi connectivity index (χ4v) is 4.09. The quantitative estimate of drug-likeness (QED) is 0.779. The molecule has 4 atom stereocenters. The molecule has 0 N–H and O–H groups in total. The minimum absolute atomic E-state index is 0.668. The van der Waals surface area contributed by atoms with Gasteiger partial charge in [0.25, 0.3) is 0 Å². The van der Waals surface area contributed by atoms with Crippen molar-refractivity contribution in [3.05, 3.63) is 0 Å². The average Bonchev–Trinajstić information content (AvgIpc) is 3.06. The first-order valence-electron chi connectivity index (χ1n) is 8.36. The highest BCUT2D eigenvalue weighted by atomic mass is 16.5. The molecule has 4 nitrogen and oxygen atoms in total. The highest BCUT2D eigenvalue weighted by Crippen LogP contribution is 2.23. The van der Waals surface area contributed by atoms with E-state index in [0.717, 1.165) is 38.3 Å². The summed E-state index contributed by atoms with van der Waals surface area (Å²) in [5.41, 5.74) is 0. The molecule has 0 amide bonds. The summed E-state index contributed by atoms with van der Waals surface area (Å²) in [7, 11) is 0. The van der Waals surface area contributed by atoms with Crippen LogP contribution in [0.5, 0.6) is 0 Å². The van der Waals surface area contributed by atoms with Crippen molar-refractivity contribution in [3.8, 4) is 0 Å². The van der Waals surface area contributed by atoms with Gasteiger partial charge in [-0.1, -0.05) is 0 Å². The minimum Gasteiger partial charge on any atom is -0.381 e. The summed E-state index contributed by atoms with van der Waals surface area (Å²) >= 11 is 0. The molecule has 0 radical (unpaired) electrons. The van der Waals surface area contributed by atoms with Crippen LogP contribution < -0.4 is 0 Å². The van der Waals surface area contributed by atoms with Crippen LogP contribution >= 0.6 is 0 Å². The van der Waals surface area contributed by atoms with E-state index in [1.54, 1.807) is 0 Å². The number of ether oxygens (including phenoxy) is 2. The van der Waals surface area contributed by atoms with Gasteiger partial charge in [-0.25, -0.2) is 0 Å². The number of nitrogens with zero attached hydrogens (tertiary/aromatic N) is 2. The topological polar surface area (TPSA) is 24.9 Å². The van der Waals surface area contributed by atoms with Crippen molar-refractivity contribution in [3.63, 3.8) is 0 Å². The largest absolute Gasteiger partial charge is 0.381 e. The summed E-state index contributed by atoms with van der Waals surface area (Å²) < 4.78 is 11.0. The highest BCUT2D eigenvalue weighted by molar-refractivity contribution is 4.87. The predicted octanol–water partition coefficient (Wildman–Crippen LogP) is 1.45. The maximum Gasteiger partial charge on any atom is 0.0507 e. The molecule has 0 aromatic heterocycles. The maximum absolute atomic E-state index is 5.53. The molecule has 0 aromatic rings. The van der Waals surface area contributed by atoms with Crippen LogP contribution in [0.2, 0.25) is 0 Å². The zero-order valence-corrected chi connectivity index (χ0v) is 13.1. The van der Waals surface area contributed by atoms with E-state index in [-0.39, 0.29) is 0 Å². The monoisotopic (exact) mass is 282 g/mol. The van der Waals surface area contributed by atoms with Crippen LogP contribution in [-0.2, 0) is 9.47 Å². The molecule has 0 aliphatic carbocycles. The van der Waals surface area contributed by atoms with Crippen molar-refractivity contribution in [1.29, 1.82) is 0 Å². The molecule has 116 valence electrons. The van der Waals surface area contributed by atoms with E-state index in [2.05, 4.69) is 23.6 Å². The van der Waals surface area contributed by atoms with Crippen LogP contribution in [0.25, 0.3) is 0 Å². The van der Waals surface area contributed by atoms with Gasteiger partial charge in [-0.05, 0) is 38.5 Å². The van der Waals surface area contributed by atoms with Crippen LogP contribution in [-0.4, -0.2) is 74.5 Å². The van der Waals surface area contributed by atoms with Crippen LogP contribution in [0.4, 0.5) is 0 Å². The first-order chi connectivity index (χ1) is 9.72.